The van der Waals surface area contributed by atoms with Gasteiger partial charge in [0.15, 0.2) is 0 Å². The molecular weight excluding hydrogens is 364 g/mol. The van der Waals surface area contributed by atoms with Gasteiger partial charge in [-0.3, -0.25) is 4.79 Å². The molecular formula is C20H24N2O4S. The second kappa shape index (κ2) is 8.54. The molecule has 0 aromatic heterocycles. The average molecular weight is 388 g/mol. The number of anilines is 1. The van der Waals surface area contributed by atoms with Crippen LogP contribution < -0.4 is 10.1 Å². The van der Waals surface area contributed by atoms with E-state index < -0.39 is 10.0 Å². The summed E-state index contributed by atoms with van der Waals surface area (Å²) in [6, 6.07) is 13.8. The molecule has 0 spiro atoms. The number of piperidine rings is 1. The number of hydrogen-bond donors (Lipinski definition) is 1. The summed E-state index contributed by atoms with van der Waals surface area (Å²) < 4.78 is 31.7. The van der Waals surface area contributed by atoms with Crippen LogP contribution in [0.15, 0.2) is 48.5 Å². The van der Waals surface area contributed by atoms with Crippen LogP contribution in [0.25, 0.3) is 0 Å². The molecule has 0 atom stereocenters. The Hall–Kier alpha value is -2.38. The van der Waals surface area contributed by atoms with Crippen LogP contribution in [0.5, 0.6) is 5.75 Å². The maximum atomic E-state index is 12.5. The van der Waals surface area contributed by atoms with Gasteiger partial charge < -0.3 is 10.1 Å². The number of hydrogen-bond acceptors (Lipinski definition) is 4. The lowest BCUT2D eigenvalue weighted by Gasteiger charge is -2.25. The molecule has 27 heavy (non-hydrogen) atoms. The molecule has 3 rings (SSSR count). The first-order valence-electron chi connectivity index (χ1n) is 9.00. The van der Waals surface area contributed by atoms with Crippen LogP contribution >= 0.6 is 0 Å². The topological polar surface area (TPSA) is 75.7 Å². The third-order valence-corrected chi connectivity index (χ3v) is 6.45. The van der Waals surface area contributed by atoms with E-state index in [-0.39, 0.29) is 11.7 Å². The van der Waals surface area contributed by atoms with Gasteiger partial charge in [0.25, 0.3) is 5.91 Å². The maximum Gasteiger partial charge on any atom is 0.255 e. The predicted molar refractivity (Wildman–Crippen MR) is 105 cm³/mol. The van der Waals surface area contributed by atoms with Gasteiger partial charge in [-0.25, -0.2) is 12.7 Å². The minimum absolute atomic E-state index is 0.0369. The second-order valence-corrected chi connectivity index (χ2v) is 8.57. The van der Waals surface area contributed by atoms with Gasteiger partial charge in [-0.2, -0.15) is 0 Å². The molecule has 6 nitrogen and oxygen atoms in total. The molecule has 0 unspecified atom stereocenters. The van der Waals surface area contributed by atoms with Crippen molar-refractivity contribution in [3.63, 3.8) is 0 Å². The lowest BCUT2D eigenvalue weighted by Crippen LogP contribution is -2.36. The minimum Gasteiger partial charge on any atom is -0.497 e. The summed E-state index contributed by atoms with van der Waals surface area (Å²) in [7, 11) is -1.74. The number of methoxy groups -OCH3 is 1. The summed E-state index contributed by atoms with van der Waals surface area (Å²) in [6.45, 7) is 1.20. The molecule has 7 heteroatoms. The fourth-order valence-corrected chi connectivity index (χ4v) is 4.71. The van der Waals surface area contributed by atoms with Crippen molar-refractivity contribution in [3.05, 3.63) is 59.7 Å². The molecule has 1 aliphatic heterocycles. The fourth-order valence-electron chi connectivity index (χ4n) is 3.10. The molecule has 1 fully saturated rings. The monoisotopic (exact) mass is 388 g/mol. The third-order valence-electron chi connectivity index (χ3n) is 4.60. The zero-order chi connectivity index (χ0) is 19.3. The van der Waals surface area contributed by atoms with E-state index in [2.05, 4.69) is 5.32 Å². The minimum atomic E-state index is -3.31. The third kappa shape index (κ3) is 5.08. The summed E-state index contributed by atoms with van der Waals surface area (Å²) in [6.07, 6.45) is 2.92. The molecule has 1 N–H and O–H groups in total. The van der Waals surface area contributed by atoms with Crippen LogP contribution in [0.3, 0.4) is 0 Å². The van der Waals surface area contributed by atoms with Crippen LogP contribution in [0.1, 0.15) is 35.2 Å². The second-order valence-electron chi connectivity index (χ2n) is 6.60. The molecule has 2 aromatic rings. The van der Waals surface area contributed by atoms with Crippen molar-refractivity contribution in [2.45, 2.75) is 25.0 Å². The van der Waals surface area contributed by atoms with Gasteiger partial charge in [0.05, 0.1) is 12.9 Å². The van der Waals surface area contributed by atoms with Gasteiger partial charge in [0.1, 0.15) is 5.75 Å². The smallest absolute Gasteiger partial charge is 0.255 e. The molecule has 0 bridgehead atoms. The highest BCUT2D eigenvalue weighted by Gasteiger charge is 2.24. The van der Waals surface area contributed by atoms with Crippen molar-refractivity contribution in [1.82, 2.24) is 4.31 Å². The first-order chi connectivity index (χ1) is 13.0. The van der Waals surface area contributed by atoms with Gasteiger partial charge in [-0.1, -0.05) is 24.6 Å². The van der Waals surface area contributed by atoms with E-state index in [1.807, 2.05) is 0 Å². The van der Waals surface area contributed by atoms with Crippen molar-refractivity contribution < 1.29 is 17.9 Å². The van der Waals surface area contributed by atoms with Crippen molar-refractivity contribution in [1.29, 1.82) is 0 Å². The molecule has 2 aromatic carbocycles. The summed E-state index contributed by atoms with van der Waals surface area (Å²) in [4.78, 5) is 12.4. The number of nitrogens with zero attached hydrogens (tertiary/aromatic N) is 1. The number of nitrogens with one attached hydrogen (secondary N) is 1. The summed E-state index contributed by atoms with van der Waals surface area (Å²) in [5.74, 6) is 0.366. The quantitative estimate of drug-likeness (QED) is 0.824. The van der Waals surface area contributed by atoms with Gasteiger partial charge >= 0.3 is 0 Å². The normalized spacial score (nSPS) is 15.3. The summed E-state index contributed by atoms with van der Waals surface area (Å²) >= 11 is 0. The van der Waals surface area contributed by atoms with Crippen LogP contribution in [-0.2, 0) is 15.8 Å². The van der Waals surface area contributed by atoms with E-state index in [1.54, 1.807) is 59.9 Å². The lowest BCUT2D eigenvalue weighted by atomic mass is 10.1. The average Bonchev–Trinajstić information content (AvgIpc) is 2.69. The van der Waals surface area contributed by atoms with Gasteiger partial charge in [-0.15, -0.1) is 0 Å². The van der Waals surface area contributed by atoms with Crippen molar-refractivity contribution in [3.8, 4) is 5.75 Å². The number of amides is 1. The SMILES string of the molecule is COc1cccc(NC(=O)c2ccc(CS(=O)(=O)N3CCCCC3)cc2)c1. The summed E-state index contributed by atoms with van der Waals surface area (Å²) in [5, 5.41) is 2.81. The Labute approximate surface area is 160 Å². The fraction of sp³-hybridized carbons (Fsp3) is 0.350. The number of rotatable bonds is 6. The van der Waals surface area contributed by atoms with Crippen LogP contribution in [0.2, 0.25) is 0 Å². The van der Waals surface area contributed by atoms with Crippen LogP contribution in [0, 0.1) is 0 Å². The van der Waals surface area contributed by atoms with E-state index in [0.717, 1.165) is 19.3 Å². The molecule has 1 saturated heterocycles. The Kier molecular flexibility index (Phi) is 6.13. The van der Waals surface area contributed by atoms with Crippen LogP contribution in [0.4, 0.5) is 5.69 Å². The standard InChI is InChI=1S/C20H24N2O4S/c1-26-19-7-5-6-18(14-19)21-20(23)17-10-8-16(9-11-17)15-27(24,25)22-12-3-2-4-13-22/h5-11,14H,2-4,12-13,15H2,1H3,(H,21,23). The Morgan fingerprint density at radius 1 is 1.07 bits per heavy atom. The number of ether oxygens (including phenoxy) is 1. The maximum absolute atomic E-state index is 12.5. The number of benzene rings is 2. The van der Waals surface area contributed by atoms with Crippen molar-refractivity contribution >= 4 is 21.6 Å². The molecule has 1 heterocycles. The number of sulfonamides is 1. The predicted octanol–water partition coefficient (Wildman–Crippen LogP) is 3.26. The first kappa shape index (κ1) is 19.4. The Morgan fingerprint density at radius 2 is 1.78 bits per heavy atom. The molecule has 0 saturated carbocycles. The van der Waals surface area contributed by atoms with E-state index in [9.17, 15) is 13.2 Å². The molecule has 0 aliphatic carbocycles. The Bertz CT molecular complexity index is 888. The highest BCUT2D eigenvalue weighted by molar-refractivity contribution is 7.88. The summed E-state index contributed by atoms with van der Waals surface area (Å²) in [5.41, 5.74) is 1.78. The largest absolute Gasteiger partial charge is 0.497 e. The zero-order valence-electron chi connectivity index (χ0n) is 15.3. The van der Waals surface area contributed by atoms with E-state index in [4.69, 9.17) is 4.74 Å². The van der Waals surface area contributed by atoms with E-state index >= 15 is 0 Å². The molecule has 1 aliphatic rings. The van der Waals surface area contributed by atoms with Crippen LogP contribution in [-0.4, -0.2) is 38.8 Å². The first-order valence-corrected chi connectivity index (χ1v) is 10.6. The lowest BCUT2D eigenvalue weighted by molar-refractivity contribution is 0.102. The molecule has 144 valence electrons. The Balaban J connectivity index is 1.64. The highest BCUT2D eigenvalue weighted by atomic mass is 32.2. The van der Waals surface area contributed by atoms with Gasteiger partial charge in [0, 0.05) is 30.4 Å². The van der Waals surface area contributed by atoms with Crippen molar-refractivity contribution in [2.24, 2.45) is 0 Å². The van der Waals surface area contributed by atoms with Gasteiger partial charge in [-0.05, 0) is 42.7 Å². The molecule has 0 radical (unpaired) electrons. The van der Waals surface area contributed by atoms with Gasteiger partial charge in [0.2, 0.25) is 10.0 Å². The number of carbonyl (C=O) groups is 1. The van der Waals surface area contributed by atoms with E-state index in [1.165, 1.54) is 0 Å². The zero-order valence-corrected chi connectivity index (χ0v) is 16.2. The van der Waals surface area contributed by atoms with E-state index in [0.29, 0.717) is 35.7 Å². The van der Waals surface area contributed by atoms with Crippen molar-refractivity contribution in [2.75, 3.05) is 25.5 Å². The highest BCUT2D eigenvalue weighted by Crippen LogP contribution is 2.19. The Morgan fingerprint density at radius 3 is 2.44 bits per heavy atom. The number of carbonyl (C=O) groups excluding carboxylic acids is 1. The molecule has 1 amide bonds.